The molecule has 1 heterocycles. The molecule has 10 heteroatoms. The maximum Gasteiger partial charge on any atom is 0.311 e. The Kier molecular flexibility index (Phi) is 7.71. The molecule has 0 unspecified atom stereocenters. The van der Waals surface area contributed by atoms with Crippen LogP contribution in [0.4, 0.5) is 0 Å². The van der Waals surface area contributed by atoms with Crippen molar-refractivity contribution in [3.63, 3.8) is 0 Å². The molecule has 1 aliphatic heterocycles. The predicted octanol–water partition coefficient (Wildman–Crippen LogP) is 2.91. The van der Waals surface area contributed by atoms with Gasteiger partial charge < -0.3 is 10.1 Å². The summed E-state index contributed by atoms with van der Waals surface area (Å²) in [4.78, 5) is 49.0. The van der Waals surface area contributed by atoms with E-state index in [4.69, 9.17) is 27.9 Å². The van der Waals surface area contributed by atoms with E-state index in [9.17, 15) is 19.2 Å². The molecule has 0 aromatic heterocycles. The zero-order valence-corrected chi connectivity index (χ0v) is 18.7. The molecule has 3 amide bonds. The number of hydrazine groups is 1. The van der Waals surface area contributed by atoms with E-state index >= 15 is 0 Å². The molecule has 2 atom stereocenters. The summed E-state index contributed by atoms with van der Waals surface area (Å²) < 4.78 is 5.06. The molecular weight excluding hydrogens is 457 g/mol. The summed E-state index contributed by atoms with van der Waals surface area (Å²) in [7, 11) is 0. The molecule has 1 saturated heterocycles. The van der Waals surface area contributed by atoms with Gasteiger partial charge in [0, 0.05) is 11.4 Å². The van der Waals surface area contributed by atoms with Gasteiger partial charge in [-0.15, -0.1) is 0 Å². The Bertz CT molecular complexity index is 1030. The Morgan fingerprint density at radius 1 is 1.16 bits per heavy atom. The zero-order chi connectivity index (χ0) is 23.3. The van der Waals surface area contributed by atoms with Crippen LogP contribution in [-0.4, -0.2) is 41.9 Å². The molecule has 8 nitrogen and oxygen atoms in total. The zero-order valence-electron chi connectivity index (χ0n) is 17.1. The standard InChI is InChI=1S/C22H21Cl2N3O5/c1-13(14-5-3-2-4-6-14)25-19(28)12-32-22(31)15-9-20(29)27(11-15)26-21(30)17-8-7-16(23)10-18(17)24/h2-8,10,13,15H,9,11-12H2,1H3,(H,25,28)(H,26,30)/t13-,15-/m0/s1. The van der Waals surface area contributed by atoms with Crippen molar-refractivity contribution in [3.8, 4) is 0 Å². The molecule has 1 aliphatic rings. The second-order valence-corrected chi connectivity index (χ2v) is 8.12. The average Bonchev–Trinajstić information content (AvgIpc) is 3.12. The van der Waals surface area contributed by atoms with E-state index in [0.717, 1.165) is 10.6 Å². The van der Waals surface area contributed by atoms with E-state index in [1.165, 1.54) is 18.2 Å². The van der Waals surface area contributed by atoms with E-state index in [0.29, 0.717) is 5.02 Å². The number of hydrogen-bond acceptors (Lipinski definition) is 5. The van der Waals surface area contributed by atoms with E-state index in [2.05, 4.69) is 10.7 Å². The first-order valence-corrected chi connectivity index (χ1v) is 10.6. The maximum absolute atomic E-state index is 12.4. The minimum absolute atomic E-state index is 0.0728. The molecule has 2 N–H and O–H groups in total. The van der Waals surface area contributed by atoms with Crippen LogP contribution in [0.15, 0.2) is 48.5 Å². The maximum atomic E-state index is 12.4. The number of esters is 1. The van der Waals surface area contributed by atoms with E-state index in [-0.39, 0.29) is 29.6 Å². The van der Waals surface area contributed by atoms with Crippen LogP contribution < -0.4 is 10.7 Å². The Morgan fingerprint density at radius 3 is 2.56 bits per heavy atom. The molecule has 32 heavy (non-hydrogen) atoms. The smallest absolute Gasteiger partial charge is 0.311 e. The summed E-state index contributed by atoms with van der Waals surface area (Å²) in [5, 5.41) is 4.28. The molecular formula is C22H21Cl2N3O5. The van der Waals surface area contributed by atoms with Crippen LogP contribution in [0.3, 0.4) is 0 Å². The SMILES string of the molecule is C[C@H](NC(=O)COC(=O)[C@H]1CC(=O)N(NC(=O)c2ccc(Cl)cc2Cl)C1)c1ccccc1. The number of nitrogens with one attached hydrogen (secondary N) is 2. The molecule has 0 spiro atoms. The lowest BCUT2D eigenvalue weighted by atomic mass is 10.1. The molecule has 0 aliphatic carbocycles. The monoisotopic (exact) mass is 477 g/mol. The van der Waals surface area contributed by atoms with Crippen LogP contribution in [0.5, 0.6) is 0 Å². The Hall–Kier alpha value is -3.10. The van der Waals surface area contributed by atoms with Gasteiger partial charge in [0.05, 0.1) is 29.1 Å². The van der Waals surface area contributed by atoms with Gasteiger partial charge in [-0.05, 0) is 30.7 Å². The van der Waals surface area contributed by atoms with Gasteiger partial charge in [0.2, 0.25) is 5.91 Å². The lowest BCUT2D eigenvalue weighted by molar-refractivity contribution is -0.152. The van der Waals surface area contributed by atoms with E-state index < -0.39 is 36.2 Å². The predicted molar refractivity (Wildman–Crippen MR) is 118 cm³/mol. The van der Waals surface area contributed by atoms with Gasteiger partial charge in [0.25, 0.3) is 11.8 Å². The first-order valence-electron chi connectivity index (χ1n) is 9.82. The summed E-state index contributed by atoms with van der Waals surface area (Å²) in [6.07, 6.45) is -0.143. The number of rotatable bonds is 7. The fraction of sp³-hybridized carbons (Fsp3) is 0.273. The third-order valence-corrected chi connectivity index (χ3v) is 5.44. The van der Waals surface area contributed by atoms with Crippen molar-refractivity contribution in [3.05, 3.63) is 69.7 Å². The number of ether oxygens (including phenoxy) is 1. The van der Waals surface area contributed by atoms with Crippen LogP contribution in [0.25, 0.3) is 0 Å². The molecule has 168 valence electrons. The topological polar surface area (TPSA) is 105 Å². The second kappa shape index (κ2) is 10.5. The minimum atomic E-state index is -0.803. The minimum Gasteiger partial charge on any atom is -0.455 e. The highest BCUT2D eigenvalue weighted by Crippen LogP contribution is 2.22. The lowest BCUT2D eigenvalue weighted by Crippen LogP contribution is -2.43. The van der Waals surface area contributed by atoms with Crippen LogP contribution in [0, 0.1) is 5.92 Å². The summed E-state index contributed by atoms with van der Waals surface area (Å²) in [6, 6.07) is 13.4. The Morgan fingerprint density at radius 2 is 1.88 bits per heavy atom. The molecule has 1 fully saturated rings. The average molecular weight is 478 g/mol. The molecule has 0 saturated carbocycles. The third-order valence-electron chi connectivity index (χ3n) is 4.89. The molecule has 3 rings (SSSR count). The fourth-order valence-electron chi connectivity index (χ4n) is 3.19. The molecule has 2 aromatic rings. The van der Waals surface area contributed by atoms with E-state index in [1.54, 1.807) is 0 Å². The van der Waals surface area contributed by atoms with Gasteiger partial charge >= 0.3 is 5.97 Å². The van der Waals surface area contributed by atoms with Gasteiger partial charge in [-0.2, -0.15) is 0 Å². The van der Waals surface area contributed by atoms with Crippen LogP contribution in [-0.2, 0) is 19.1 Å². The number of halogens is 2. The quantitative estimate of drug-likeness (QED) is 0.596. The largest absolute Gasteiger partial charge is 0.455 e. The first kappa shape index (κ1) is 23.6. The van der Waals surface area contributed by atoms with Gasteiger partial charge in [-0.1, -0.05) is 53.5 Å². The van der Waals surface area contributed by atoms with Gasteiger partial charge in [-0.3, -0.25) is 29.6 Å². The normalized spacial score (nSPS) is 16.4. The second-order valence-electron chi connectivity index (χ2n) is 7.28. The summed E-state index contributed by atoms with van der Waals surface area (Å²) in [5.74, 6) is -3.01. The highest BCUT2D eigenvalue weighted by molar-refractivity contribution is 6.36. The van der Waals surface area contributed by atoms with Crippen molar-refractivity contribution in [1.29, 1.82) is 0 Å². The third kappa shape index (κ3) is 5.99. The van der Waals surface area contributed by atoms with Crippen LogP contribution in [0.2, 0.25) is 10.0 Å². The number of carbonyl (C=O) groups is 4. The van der Waals surface area contributed by atoms with Crippen LogP contribution in [0.1, 0.15) is 35.3 Å². The number of amides is 3. The Balaban J connectivity index is 1.48. The number of carbonyl (C=O) groups excluding carboxylic acids is 4. The summed E-state index contributed by atoms with van der Waals surface area (Å²) in [6.45, 7) is 1.28. The van der Waals surface area contributed by atoms with Gasteiger partial charge in [0.1, 0.15) is 0 Å². The highest BCUT2D eigenvalue weighted by atomic mass is 35.5. The lowest BCUT2D eigenvalue weighted by Gasteiger charge is -2.18. The molecule has 0 bridgehead atoms. The van der Waals surface area contributed by atoms with Gasteiger partial charge in [0.15, 0.2) is 6.61 Å². The summed E-state index contributed by atoms with van der Waals surface area (Å²) in [5.41, 5.74) is 3.48. The highest BCUT2D eigenvalue weighted by Gasteiger charge is 2.37. The van der Waals surface area contributed by atoms with Crippen molar-refractivity contribution in [2.75, 3.05) is 13.2 Å². The summed E-state index contributed by atoms with van der Waals surface area (Å²) >= 11 is 11.8. The van der Waals surface area contributed by atoms with Gasteiger partial charge in [-0.25, -0.2) is 0 Å². The van der Waals surface area contributed by atoms with Crippen molar-refractivity contribution < 1.29 is 23.9 Å². The van der Waals surface area contributed by atoms with E-state index in [1.807, 2.05) is 37.3 Å². The number of benzene rings is 2. The first-order chi connectivity index (χ1) is 15.2. The Labute approximate surface area is 194 Å². The molecule has 0 radical (unpaired) electrons. The van der Waals surface area contributed by atoms with Crippen molar-refractivity contribution in [2.45, 2.75) is 19.4 Å². The fourth-order valence-corrected chi connectivity index (χ4v) is 3.69. The number of nitrogens with zero attached hydrogens (tertiary/aromatic N) is 1. The van der Waals surface area contributed by atoms with Crippen molar-refractivity contribution in [1.82, 2.24) is 15.8 Å². The number of hydrogen-bond donors (Lipinski definition) is 2. The van der Waals surface area contributed by atoms with Crippen LogP contribution >= 0.6 is 23.2 Å². The van der Waals surface area contributed by atoms with Crippen molar-refractivity contribution in [2.24, 2.45) is 5.92 Å². The van der Waals surface area contributed by atoms with Crippen molar-refractivity contribution >= 4 is 46.9 Å². The molecule has 2 aromatic carbocycles.